The fourth-order valence-corrected chi connectivity index (χ4v) is 2.32. The number of hydrazone groups is 1. The Morgan fingerprint density at radius 1 is 0.773 bits per heavy atom. The van der Waals surface area contributed by atoms with E-state index in [0.29, 0.717) is 0 Å². The van der Waals surface area contributed by atoms with Gasteiger partial charge in [-0.1, -0.05) is 66.2 Å². The number of rotatable bonds is 4. The van der Waals surface area contributed by atoms with Gasteiger partial charge in [-0.3, -0.25) is 5.43 Å². The van der Waals surface area contributed by atoms with Gasteiger partial charge in [0, 0.05) is 10.6 Å². The molecule has 108 valence electrons. The van der Waals surface area contributed by atoms with E-state index < -0.39 is 0 Å². The molecule has 3 heteroatoms. The summed E-state index contributed by atoms with van der Waals surface area (Å²) in [6, 6.07) is 25.8. The summed E-state index contributed by atoms with van der Waals surface area (Å²) in [7, 11) is 0. The van der Waals surface area contributed by atoms with Crippen LogP contribution in [-0.4, -0.2) is 6.21 Å². The van der Waals surface area contributed by atoms with Crippen LogP contribution < -0.4 is 5.43 Å². The summed E-state index contributed by atoms with van der Waals surface area (Å²) in [5, 5.41) is 5.05. The predicted octanol–water partition coefficient (Wildman–Crippen LogP) is 5.45. The van der Waals surface area contributed by atoms with Crippen LogP contribution >= 0.6 is 11.6 Å². The summed E-state index contributed by atoms with van der Waals surface area (Å²) in [5.41, 5.74) is 7.28. The molecule has 0 atom stereocenters. The van der Waals surface area contributed by atoms with Gasteiger partial charge in [0.15, 0.2) is 0 Å². The normalized spacial score (nSPS) is 10.8. The van der Waals surface area contributed by atoms with Crippen molar-refractivity contribution in [2.24, 2.45) is 5.10 Å². The minimum atomic E-state index is 0.737. The van der Waals surface area contributed by atoms with Gasteiger partial charge in [-0.05, 0) is 35.4 Å². The van der Waals surface area contributed by atoms with E-state index in [-0.39, 0.29) is 0 Å². The summed E-state index contributed by atoms with van der Waals surface area (Å²) >= 11 is 5.95. The van der Waals surface area contributed by atoms with Gasteiger partial charge in [0.1, 0.15) is 0 Å². The molecule has 0 aromatic heterocycles. The average Bonchev–Trinajstić information content (AvgIpc) is 2.57. The predicted molar refractivity (Wildman–Crippen MR) is 94.5 cm³/mol. The first-order valence-electron chi connectivity index (χ1n) is 7.02. The molecular formula is C19H15ClN2. The Labute approximate surface area is 135 Å². The lowest BCUT2D eigenvalue weighted by Crippen LogP contribution is -1.92. The fraction of sp³-hybridized carbons (Fsp3) is 0. The first-order chi connectivity index (χ1) is 10.8. The Morgan fingerprint density at radius 2 is 1.45 bits per heavy atom. The molecule has 0 aliphatic carbocycles. The second kappa shape index (κ2) is 6.92. The van der Waals surface area contributed by atoms with Crippen molar-refractivity contribution in [2.75, 3.05) is 5.43 Å². The van der Waals surface area contributed by atoms with Crippen LogP contribution in [0.4, 0.5) is 5.69 Å². The van der Waals surface area contributed by atoms with E-state index in [1.165, 1.54) is 0 Å². The molecule has 0 saturated carbocycles. The third kappa shape index (κ3) is 3.54. The Kier molecular flexibility index (Phi) is 4.52. The molecule has 0 heterocycles. The number of anilines is 1. The monoisotopic (exact) mass is 306 g/mol. The number of para-hydroxylation sites is 1. The first-order valence-corrected chi connectivity index (χ1v) is 7.40. The smallest absolute Gasteiger partial charge is 0.0561 e. The molecule has 3 aromatic carbocycles. The highest BCUT2D eigenvalue weighted by molar-refractivity contribution is 6.30. The maximum absolute atomic E-state index is 5.95. The number of hydrogen-bond donors (Lipinski definition) is 1. The van der Waals surface area contributed by atoms with E-state index in [9.17, 15) is 0 Å². The first kappa shape index (κ1) is 14.4. The Morgan fingerprint density at radius 3 is 2.23 bits per heavy atom. The molecular weight excluding hydrogens is 292 g/mol. The molecule has 0 unspecified atom stereocenters. The maximum atomic E-state index is 5.95. The Hall–Kier alpha value is -2.58. The molecule has 0 amide bonds. The van der Waals surface area contributed by atoms with Crippen LogP contribution in [0.1, 0.15) is 5.56 Å². The third-order valence-electron chi connectivity index (χ3n) is 3.29. The van der Waals surface area contributed by atoms with Crippen LogP contribution in [0.25, 0.3) is 11.1 Å². The zero-order chi connectivity index (χ0) is 15.2. The molecule has 3 rings (SSSR count). The molecule has 0 aliphatic rings. The highest BCUT2D eigenvalue weighted by Crippen LogP contribution is 2.24. The van der Waals surface area contributed by atoms with Gasteiger partial charge >= 0.3 is 0 Å². The Bertz CT molecular complexity index is 765. The van der Waals surface area contributed by atoms with Crippen molar-refractivity contribution in [3.8, 4) is 11.1 Å². The van der Waals surface area contributed by atoms with Gasteiger partial charge in [0.25, 0.3) is 0 Å². The molecule has 0 saturated heterocycles. The Balaban J connectivity index is 1.84. The fourth-order valence-electron chi connectivity index (χ4n) is 2.19. The van der Waals surface area contributed by atoms with Crippen molar-refractivity contribution >= 4 is 23.5 Å². The van der Waals surface area contributed by atoms with Crippen molar-refractivity contribution < 1.29 is 0 Å². The van der Waals surface area contributed by atoms with E-state index >= 15 is 0 Å². The van der Waals surface area contributed by atoms with Crippen molar-refractivity contribution in [3.63, 3.8) is 0 Å². The molecule has 2 nitrogen and oxygen atoms in total. The van der Waals surface area contributed by atoms with Crippen LogP contribution in [0.15, 0.2) is 84.0 Å². The second-order valence-corrected chi connectivity index (χ2v) is 5.27. The van der Waals surface area contributed by atoms with E-state index in [4.69, 9.17) is 11.6 Å². The quantitative estimate of drug-likeness (QED) is 0.503. The van der Waals surface area contributed by atoms with Gasteiger partial charge in [-0.2, -0.15) is 5.10 Å². The zero-order valence-electron chi connectivity index (χ0n) is 11.9. The lowest BCUT2D eigenvalue weighted by Gasteiger charge is -2.06. The van der Waals surface area contributed by atoms with Crippen molar-refractivity contribution in [1.29, 1.82) is 0 Å². The lowest BCUT2D eigenvalue weighted by molar-refractivity contribution is 1.35. The molecule has 0 aliphatic heterocycles. The van der Waals surface area contributed by atoms with Crippen LogP contribution in [0.5, 0.6) is 0 Å². The summed E-state index contributed by atoms with van der Waals surface area (Å²) in [6.45, 7) is 0. The summed E-state index contributed by atoms with van der Waals surface area (Å²) in [6.07, 6.45) is 1.83. The van der Waals surface area contributed by atoms with Gasteiger partial charge in [-0.15, -0.1) is 0 Å². The number of nitrogens with zero attached hydrogens (tertiary/aromatic N) is 1. The largest absolute Gasteiger partial charge is 0.279 e. The van der Waals surface area contributed by atoms with E-state index in [1.54, 1.807) is 0 Å². The van der Waals surface area contributed by atoms with E-state index in [2.05, 4.69) is 16.6 Å². The summed E-state index contributed by atoms with van der Waals surface area (Å²) < 4.78 is 0. The van der Waals surface area contributed by atoms with Crippen LogP contribution in [0.2, 0.25) is 5.02 Å². The lowest BCUT2D eigenvalue weighted by atomic mass is 10.0. The van der Waals surface area contributed by atoms with Crippen molar-refractivity contribution in [2.45, 2.75) is 0 Å². The molecule has 22 heavy (non-hydrogen) atoms. The zero-order valence-corrected chi connectivity index (χ0v) is 12.7. The summed E-state index contributed by atoms with van der Waals surface area (Å²) in [4.78, 5) is 0. The minimum absolute atomic E-state index is 0.737. The number of benzene rings is 3. The third-order valence-corrected chi connectivity index (χ3v) is 3.54. The van der Waals surface area contributed by atoms with Crippen LogP contribution in [0, 0.1) is 0 Å². The number of hydrogen-bond acceptors (Lipinski definition) is 2. The maximum Gasteiger partial charge on any atom is 0.0561 e. The SMILES string of the molecule is Clc1ccc(-c2ccccc2C=NNc2ccccc2)cc1. The van der Waals surface area contributed by atoms with Gasteiger partial charge in [0.05, 0.1) is 11.9 Å². The van der Waals surface area contributed by atoms with Gasteiger partial charge in [-0.25, -0.2) is 0 Å². The number of halogens is 1. The number of nitrogens with one attached hydrogen (secondary N) is 1. The highest BCUT2D eigenvalue weighted by Gasteiger charge is 2.02. The molecule has 1 N–H and O–H groups in total. The van der Waals surface area contributed by atoms with Gasteiger partial charge < -0.3 is 0 Å². The van der Waals surface area contributed by atoms with E-state index in [0.717, 1.165) is 27.4 Å². The van der Waals surface area contributed by atoms with Crippen LogP contribution in [0.3, 0.4) is 0 Å². The molecule has 0 fully saturated rings. The minimum Gasteiger partial charge on any atom is -0.279 e. The summed E-state index contributed by atoms with van der Waals surface area (Å²) in [5.74, 6) is 0. The van der Waals surface area contributed by atoms with Crippen molar-refractivity contribution in [3.05, 3.63) is 89.4 Å². The van der Waals surface area contributed by atoms with Gasteiger partial charge in [0.2, 0.25) is 0 Å². The average molecular weight is 307 g/mol. The topological polar surface area (TPSA) is 24.4 Å². The molecule has 0 spiro atoms. The second-order valence-electron chi connectivity index (χ2n) is 4.83. The molecule has 3 aromatic rings. The molecule has 0 bridgehead atoms. The van der Waals surface area contributed by atoms with Crippen LogP contribution in [-0.2, 0) is 0 Å². The standard InChI is InChI=1S/C19H15ClN2/c20-17-12-10-15(11-13-17)19-9-5-4-6-16(19)14-21-22-18-7-2-1-3-8-18/h1-14,22H. The highest BCUT2D eigenvalue weighted by atomic mass is 35.5. The molecule has 0 radical (unpaired) electrons. The van der Waals surface area contributed by atoms with Crippen molar-refractivity contribution in [1.82, 2.24) is 0 Å². The van der Waals surface area contributed by atoms with E-state index in [1.807, 2.05) is 79.0 Å².